The summed E-state index contributed by atoms with van der Waals surface area (Å²) in [6.07, 6.45) is 1.04. The van der Waals surface area contributed by atoms with E-state index in [4.69, 9.17) is 10.9 Å². The van der Waals surface area contributed by atoms with E-state index in [0.29, 0.717) is 18.9 Å². The van der Waals surface area contributed by atoms with Crippen LogP contribution >= 0.6 is 0 Å². The van der Waals surface area contributed by atoms with E-state index < -0.39 is 0 Å². The van der Waals surface area contributed by atoms with E-state index in [2.05, 4.69) is 27.2 Å². The van der Waals surface area contributed by atoms with Crippen molar-refractivity contribution in [3.05, 3.63) is 17.6 Å². The van der Waals surface area contributed by atoms with Gasteiger partial charge in [-0.25, -0.2) is 15.8 Å². The summed E-state index contributed by atoms with van der Waals surface area (Å²) in [5.74, 6) is 6.68. The molecular weight excluding hydrogens is 218 g/mol. The lowest BCUT2D eigenvalue weighted by Crippen LogP contribution is -2.28. The van der Waals surface area contributed by atoms with Gasteiger partial charge in [0.25, 0.3) is 0 Å². The van der Waals surface area contributed by atoms with E-state index in [0.717, 1.165) is 24.5 Å². The number of rotatable bonds is 7. The molecule has 0 bridgehead atoms. The third kappa shape index (κ3) is 4.64. The van der Waals surface area contributed by atoms with E-state index in [1.807, 2.05) is 6.92 Å². The van der Waals surface area contributed by atoms with Gasteiger partial charge in [0.2, 0.25) is 0 Å². The first-order valence-corrected chi connectivity index (χ1v) is 5.84. The van der Waals surface area contributed by atoms with Crippen LogP contribution in [0, 0.1) is 6.92 Å². The molecule has 0 aromatic carbocycles. The molecule has 0 unspecified atom stereocenters. The van der Waals surface area contributed by atoms with Gasteiger partial charge in [-0.1, -0.05) is 6.92 Å². The third-order valence-corrected chi connectivity index (χ3v) is 2.37. The number of hydrogen-bond acceptors (Lipinski definition) is 6. The van der Waals surface area contributed by atoms with Gasteiger partial charge in [0.05, 0.1) is 13.2 Å². The average Bonchev–Trinajstić information content (AvgIpc) is 2.29. The maximum Gasteiger partial charge on any atom is 0.145 e. The number of aliphatic hydroxyl groups is 1. The number of nitrogens with two attached hydrogens (primary N) is 1. The smallest absolute Gasteiger partial charge is 0.145 e. The second-order valence-corrected chi connectivity index (χ2v) is 3.95. The Morgan fingerprint density at radius 3 is 2.76 bits per heavy atom. The molecule has 0 amide bonds. The summed E-state index contributed by atoms with van der Waals surface area (Å²) in [5, 5.41) is 8.98. The van der Waals surface area contributed by atoms with Crippen molar-refractivity contribution >= 4 is 5.82 Å². The maximum absolute atomic E-state index is 8.98. The maximum atomic E-state index is 8.98. The summed E-state index contributed by atoms with van der Waals surface area (Å²) in [6, 6.07) is 1.79. The molecule has 0 radical (unpaired) electrons. The molecule has 4 N–H and O–H groups in total. The van der Waals surface area contributed by atoms with Crippen LogP contribution in [0.3, 0.4) is 0 Å². The molecule has 6 heteroatoms. The predicted octanol–water partition coefficient (Wildman–Crippen LogP) is 0.275. The molecule has 0 saturated carbocycles. The van der Waals surface area contributed by atoms with Crippen molar-refractivity contribution in [1.82, 2.24) is 14.9 Å². The van der Waals surface area contributed by atoms with Crippen LogP contribution in [0.1, 0.15) is 24.9 Å². The van der Waals surface area contributed by atoms with Crippen molar-refractivity contribution in [3.63, 3.8) is 0 Å². The Kier molecular flexibility index (Phi) is 5.82. The number of aryl methyl sites for hydroxylation is 1. The second kappa shape index (κ2) is 7.16. The molecule has 1 aromatic rings. The highest BCUT2D eigenvalue weighted by atomic mass is 16.3. The van der Waals surface area contributed by atoms with Crippen LogP contribution in [0.2, 0.25) is 0 Å². The minimum atomic E-state index is 0.147. The van der Waals surface area contributed by atoms with E-state index in [1.165, 1.54) is 0 Å². The Balaban J connectivity index is 2.73. The summed E-state index contributed by atoms with van der Waals surface area (Å²) in [5.41, 5.74) is 3.40. The zero-order valence-electron chi connectivity index (χ0n) is 10.5. The van der Waals surface area contributed by atoms with Crippen LogP contribution in [0.25, 0.3) is 0 Å². The fourth-order valence-corrected chi connectivity index (χ4v) is 1.70. The fourth-order valence-electron chi connectivity index (χ4n) is 1.70. The van der Waals surface area contributed by atoms with Gasteiger partial charge in [-0.3, -0.25) is 4.90 Å². The highest BCUT2D eigenvalue weighted by Gasteiger charge is 2.08. The largest absolute Gasteiger partial charge is 0.395 e. The van der Waals surface area contributed by atoms with E-state index >= 15 is 0 Å². The van der Waals surface area contributed by atoms with Crippen LogP contribution in [-0.2, 0) is 6.54 Å². The van der Waals surface area contributed by atoms with Gasteiger partial charge >= 0.3 is 0 Å². The molecule has 1 aromatic heterocycles. The summed E-state index contributed by atoms with van der Waals surface area (Å²) < 4.78 is 0. The molecule has 0 aliphatic carbocycles. The highest BCUT2D eigenvalue weighted by molar-refractivity contribution is 5.33. The van der Waals surface area contributed by atoms with Crippen LogP contribution in [0.5, 0.6) is 0 Å². The number of aliphatic hydroxyl groups excluding tert-OH is 1. The van der Waals surface area contributed by atoms with Gasteiger partial charge in [-0.2, -0.15) is 0 Å². The number of hydrogen-bond donors (Lipinski definition) is 3. The Hall–Kier alpha value is -1.24. The van der Waals surface area contributed by atoms with E-state index in [9.17, 15) is 0 Å². The van der Waals surface area contributed by atoms with Gasteiger partial charge in [-0.15, -0.1) is 0 Å². The highest BCUT2D eigenvalue weighted by Crippen LogP contribution is 2.07. The number of nitrogens with one attached hydrogen (secondary N) is 1. The Morgan fingerprint density at radius 2 is 2.18 bits per heavy atom. The standard InChI is InChI=1S/C11H21N5O/c1-3-4-16(5-6-17)8-11-13-9(2)7-10(14-11)15-12/h7,17H,3-6,8,12H2,1-2H3,(H,13,14,15). The molecule has 0 spiro atoms. The van der Waals surface area contributed by atoms with Gasteiger partial charge < -0.3 is 10.5 Å². The molecule has 0 saturated heterocycles. The quantitative estimate of drug-likeness (QED) is 0.468. The Labute approximate surface area is 102 Å². The van der Waals surface area contributed by atoms with Gasteiger partial charge in [0.1, 0.15) is 11.6 Å². The lowest BCUT2D eigenvalue weighted by atomic mass is 10.3. The van der Waals surface area contributed by atoms with Gasteiger partial charge in [0, 0.05) is 18.3 Å². The lowest BCUT2D eigenvalue weighted by molar-refractivity contribution is 0.187. The predicted molar refractivity (Wildman–Crippen MR) is 67.2 cm³/mol. The normalized spacial score (nSPS) is 10.9. The topological polar surface area (TPSA) is 87.3 Å². The first-order chi connectivity index (χ1) is 8.19. The second-order valence-electron chi connectivity index (χ2n) is 3.95. The first kappa shape index (κ1) is 13.8. The minimum absolute atomic E-state index is 0.147. The fraction of sp³-hybridized carbons (Fsp3) is 0.636. The van der Waals surface area contributed by atoms with Crippen molar-refractivity contribution in [2.24, 2.45) is 5.84 Å². The molecule has 17 heavy (non-hydrogen) atoms. The van der Waals surface area contributed by atoms with E-state index in [-0.39, 0.29) is 6.61 Å². The minimum Gasteiger partial charge on any atom is -0.395 e. The summed E-state index contributed by atoms with van der Waals surface area (Å²) >= 11 is 0. The van der Waals surface area contributed by atoms with Crippen LogP contribution in [-0.4, -0.2) is 39.7 Å². The number of anilines is 1. The monoisotopic (exact) mass is 239 g/mol. The van der Waals surface area contributed by atoms with Gasteiger partial charge in [0.15, 0.2) is 0 Å². The van der Waals surface area contributed by atoms with E-state index in [1.54, 1.807) is 6.07 Å². The summed E-state index contributed by atoms with van der Waals surface area (Å²) in [6.45, 7) is 6.34. The molecular formula is C11H21N5O. The van der Waals surface area contributed by atoms with Crippen molar-refractivity contribution in [2.75, 3.05) is 25.1 Å². The Bertz CT molecular complexity index is 339. The summed E-state index contributed by atoms with van der Waals surface area (Å²) in [4.78, 5) is 10.8. The van der Waals surface area contributed by atoms with Crippen molar-refractivity contribution in [2.45, 2.75) is 26.8 Å². The zero-order chi connectivity index (χ0) is 12.7. The average molecular weight is 239 g/mol. The molecule has 1 heterocycles. The first-order valence-electron chi connectivity index (χ1n) is 5.84. The van der Waals surface area contributed by atoms with Gasteiger partial charge in [-0.05, 0) is 19.9 Å². The Morgan fingerprint density at radius 1 is 1.41 bits per heavy atom. The zero-order valence-corrected chi connectivity index (χ0v) is 10.5. The molecule has 6 nitrogen and oxygen atoms in total. The molecule has 0 atom stereocenters. The van der Waals surface area contributed by atoms with Crippen LogP contribution in [0.4, 0.5) is 5.82 Å². The molecule has 96 valence electrons. The molecule has 0 aliphatic heterocycles. The molecule has 0 fully saturated rings. The number of nitrogen functional groups attached to an aromatic ring is 1. The summed E-state index contributed by atoms with van der Waals surface area (Å²) in [7, 11) is 0. The third-order valence-electron chi connectivity index (χ3n) is 2.37. The van der Waals surface area contributed by atoms with Crippen molar-refractivity contribution < 1.29 is 5.11 Å². The number of hydrazine groups is 1. The van der Waals surface area contributed by atoms with Crippen LogP contribution in [0.15, 0.2) is 6.07 Å². The number of aromatic nitrogens is 2. The van der Waals surface area contributed by atoms with Crippen LogP contribution < -0.4 is 11.3 Å². The van der Waals surface area contributed by atoms with Crippen molar-refractivity contribution in [1.29, 1.82) is 0 Å². The molecule has 0 aliphatic rings. The molecule has 1 rings (SSSR count). The SMILES string of the molecule is CCCN(CCO)Cc1nc(C)cc(NN)n1. The van der Waals surface area contributed by atoms with Crippen molar-refractivity contribution in [3.8, 4) is 0 Å². The lowest BCUT2D eigenvalue weighted by Gasteiger charge is -2.19. The number of nitrogens with zero attached hydrogens (tertiary/aromatic N) is 3.